The van der Waals surface area contributed by atoms with Crippen molar-refractivity contribution in [3.63, 3.8) is 0 Å². The molecule has 0 heterocycles. The minimum absolute atomic E-state index is 0.0533. The lowest BCUT2D eigenvalue weighted by Gasteiger charge is -2.12. The summed E-state index contributed by atoms with van der Waals surface area (Å²) < 4.78 is 9.97. The van der Waals surface area contributed by atoms with Crippen LogP contribution in [-0.2, 0) is 4.79 Å². The molecule has 96 valence electrons. The van der Waals surface area contributed by atoms with Crippen molar-refractivity contribution in [1.82, 2.24) is 0 Å². The summed E-state index contributed by atoms with van der Waals surface area (Å²) in [7, 11) is 2.70. The molecule has 0 radical (unpaired) electrons. The number of benzene rings is 1. The van der Waals surface area contributed by atoms with Crippen molar-refractivity contribution in [3.05, 3.63) is 29.3 Å². The van der Waals surface area contributed by atoms with E-state index in [1.807, 2.05) is 0 Å². The van der Waals surface area contributed by atoms with E-state index in [9.17, 15) is 9.59 Å². The zero-order chi connectivity index (χ0) is 13.7. The Hall–Kier alpha value is -2.50. The van der Waals surface area contributed by atoms with Crippen molar-refractivity contribution in [3.8, 4) is 11.5 Å². The highest BCUT2D eigenvalue weighted by Crippen LogP contribution is 2.34. The number of carboxylic acid groups (broad SMARTS) is 2. The fourth-order valence-corrected chi connectivity index (χ4v) is 1.46. The molecule has 2 N–H and O–H groups in total. The quantitative estimate of drug-likeness (QED) is 0.771. The maximum Gasteiger partial charge on any atom is 0.340 e. The molecule has 0 aliphatic rings. The molecule has 6 heteroatoms. The minimum Gasteiger partial charge on any atom is -0.493 e. The number of rotatable bonds is 5. The molecule has 1 aromatic carbocycles. The first-order valence-electron chi connectivity index (χ1n) is 4.90. The summed E-state index contributed by atoms with van der Waals surface area (Å²) in [6.45, 7) is 0. The molecule has 0 aliphatic heterocycles. The lowest BCUT2D eigenvalue weighted by atomic mass is 10.0. The third-order valence-corrected chi connectivity index (χ3v) is 2.20. The van der Waals surface area contributed by atoms with Gasteiger partial charge in [0.1, 0.15) is 5.56 Å². The first-order chi connectivity index (χ1) is 8.51. The molecule has 6 nitrogen and oxygen atoms in total. The summed E-state index contributed by atoms with van der Waals surface area (Å²) in [5.41, 5.74) is 0.0805. The van der Waals surface area contributed by atoms with E-state index in [4.69, 9.17) is 19.7 Å². The number of aromatic carboxylic acids is 1. The highest BCUT2D eigenvalue weighted by molar-refractivity contribution is 5.98. The molecular weight excluding hydrogens is 240 g/mol. The smallest absolute Gasteiger partial charge is 0.340 e. The normalized spacial score (nSPS) is 10.3. The Labute approximate surface area is 103 Å². The van der Waals surface area contributed by atoms with Crippen molar-refractivity contribution in [1.29, 1.82) is 0 Å². The Morgan fingerprint density at radius 2 is 1.83 bits per heavy atom. The topological polar surface area (TPSA) is 93.1 Å². The second-order valence-corrected chi connectivity index (χ2v) is 3.24. The van der Waals surface area contributed by atoms with Crippen LogP contribution >= 0.6 is 0 Å². The van der Waals surface area contributed by atoms with Gasteiger partial charge in [-0.25, -0.2) is 9.59 Å². The van der Waals surface area contributed by atoms with Crippen molar-refractivity contribution >= 4 is 18.0 Å². The van der Waals surface area contributed by atoms with Gasteiger partial charge < -0.3 is 19.7 Å². The minimum atomic E-state index is -1.23. The van der Waals surface area contributed by atoms with Crippen LogP contribution < -0.4 is 9.47 Å². The first kappa shape index (κ1) is 13.6. The van der Waals surface area contributed by atoms with Gasteiger partial charge in [0.15, 0.2) is 11.5 Å². The third kappa shape index (κ3) is 2.79. The fraction of sp³-hybridized carbons (Fsp3) is 0.167. The van der Waals surface area contributed by atoms with Gasteiger partial charge in [0.25, 0.3) is 0 Å². The van der Waals surface area contributed by atoms with Crippen molar-refractivity contribution in [2.24, 2.45) is 0 Å². The molecule has 0 saturated heterocycles. The lowest BCUT2D eigenvalue weighted by Crippen LogP contribution is -2.05. The predicted octanol–water partition coefficient (Wildman–Crippen LogP) is 1.50. The van der Waals surface area contributed by atoms with Gasteiger partial charge >= 0.3 is 11.9 Å². The molecule has 0 aliphatic carbocycles. The van der Waals surface area contributed by atoms with Crippen molar-refractivity contribution in [2.45, 2.75) is 0 Å². The number of hydrogen-bond acceptors (Lipinski definition) is 4. The second-order valence-electron chi connectivity index (χ2n) is 3.24. The van der Waals surface area contributed by atoms with E-state index in [0.29, 0.717) is 0 Å². The number of ether oxygens (including phenoxy) is 2. The molecule has 1 aromatic rings. The van der Waals surface area contributed by atoms with Gasteiger partial charge in [-0.2, -0.15) is 0 Å². The Kier molecular flexibility index (Phi) is 4.31. The molecule has 0 bridgehead atoms. The average molecular weight is 252 g/mol. The van der Waals surface area contributed by atoms with E-state index < -0.39 is 11.9 Å². The summed E-state index contributed by atoms with van der Waals surface area (Å²) in [6.07, 6.45) is 2.04. The number of carboxylic acids is 2. The zero-order valence-corrected chi connectivity index (χ0v) is 9.84. The van der Waals surface area contributed by atoms with Crippen molar-refractivity contribution < 1.29 is 29.3 Å². The summed E-state index contributed by atoms with van der Waals surface area (Å²) in [4.78, 5) is 21.6. The molecule has 0 amide bonds. The Morgan fingerprint density at radius 3 is 2.28 bits per heavy atom. The summed E-state index contributed by atoms with van der Waals surface area (Å²) in [5.74, 6) is -2.07. The number of carbonyl (C=O) groups is 2. The lowest BCUT2D eigenvalue weighted by molar-refractivity contribution is -0.131. The van der Waals surface area contributed by atoms with Gasteiger partial charge in [-0.05, 0) is 17.7 Å². The molecule has 0 atom stereocenters. The largest absolute Gasteiger partial charge is 0.493 e. The highest BCUT2D eigenvalue weighted by Gasteiger charge is 2.19. The van der Waals surface area contributed by atoms with Crippen LogP contribution in [0.5, 0.6) is 11.5 Å². The monoisotopic (exact) mass is 252 g/mol. The second kappa shape index (κ2) is 5.72. The molecule has 0 spiro atoms. The van der Waals surface area contributed by atoms with E-state index in [0.717, 1.165) is 6.08 Å². The summed E-state index contributed by atoms with van der Waals surface area (Å²) in [5, 5.41) is 17.7. The summed E-state index contributed by atoms with van der Waals surface area (Å²) in [6, 6.07) is 2.96. The van der Waals surface area contributed by atoms with Gasteiger partial charge in [0, 0.05) is 6.08 Å². The van der Waals surface area contributed by atoms with Gasteiger partial charge in [0.05, 0.1) is 14.2 Å². The Bertz CT molecular complexity index is 504. The number of aliphatic carboxylic acids is 1. The molecule has 1 rings (SSSR count). The Balaban J connectivity index is 3.44. The van der Waals surface area contributed by atoms with Gasteiger partial charge in [-0.1, -0.05) is 6.07 Å². The maximum absolute atomic E-state index is 11.2. The SMILES string of the molecule is COc1ccc(/C=C/C(=O)O)c(C(=O)O)c1OC. The van der Waals surface area contributed by atoms with Crippen LogP contribution in [0.1, 0.15) is 15.9 Å². The van der Waals surface area contributed by atoms with E-state index in [-0.39, 0.29) is 22.6 Å². The third-order valence-electron chi connectivity index (χ3n) is 2.20. The summed E-state index contributed by atoms with van der Waals surface area (Å²) >= 11 is 0. The van der Waals surface area contributed by atoms with Gasteiger partial charge in [-0.15, -0.1) is 0 Å². The molecule has 0 unspecified atom stereocenters. The van der Waals surface area contributed by atoms with Crippen LogP contribution in [0.25, 0.3) is 6.08 Å². The maximum atomic E-state index is 11.2. The molecule has 0 saturated carbocycles. The molecule has 0 aromatic heterocycles. The zero-order valence-electron chi connectivity index (χ0n) is 9.84. The number of methoxy groups -OCH3 is 2. The van der Waals surface area contributed by atoms with E-state index in [1.54, 1.807) is 0 Å². The van der Waals surface area contributed by atoms with Gasteiger partial charge in [0.2, 0.25) is 0 Å². The molecule has 18 heavy (non-hydrogen) atoms. The highest BCUT2D eigenvalue weighted by atomic mass is 16.5. The van der Waals surface area contributed by atoms with E-state index in [2.05, 4.69) is 0 Å². The van der Waals surface area contributed by atoms with Crippen LogP contribution in [0, 0.1) is 0 Å². The van der Waals surface area contributed by atoms with Crippen LogP contribution in [0.4, 0.5) is 0 Å². The molecular formula is C12H12O6. The fourth-order valence-electron chi connectivity index (χ4n) is 1.46. The standard InChI is InChI=1S/C12H12O6/c1-17-8-5-3-7(4-6-9(13)14)10(12(15)16)11(8)18-2/h3-6H,1-2H3,(H,13,14)(H,15,16)/b6-4+. The van der Waals surface area contributed by atoms with Crippen molar-refractivity contribution in [2.75, 3.05) is 14.2 Å². The average Bonchev–Trinajstić information content (AvgIpc) is 2.34. The van der Waals surface area contributed by atoms with E-state index >= 15 is 0 Å². The van der Waals surface area contributed by atoms with Crippen LogP contribution in [0.15, 0.2) is 18.2 Å². The van der Waals surface area contributed by atoms with E-state index in [1.165, 1.54) is 32.4 Å². The number of hydrogen-bond donors (Lipinski definition) is 2. The van der Waals surface area contributed by atoms with Crippen LogP contribution in [0.3, 0.4) is 0 Å². The first-order valence-corrected chi connectivity index (χ1v) is 4.90. The van der Waals surface area contributed by atoms with Crippen LogP contribution in [-0.4, -0.2) is 36.4 Å². The Morgan fingerprint density at radius 1 is 1.17 bits per heavy atom. The van der Waals surface area contributed by atoms with Crippen LogP contribution in [0.2, 0.25) is 0 Å². The molecule has 0 fully saturated rings. The predicted molar refractivity (Wildman–Crippen MR) is 63.2 cm³/mol. The van der Waals surface area contributed by atoms with Gasteiger partial charge in [-0.3, -0.25) is 0 Å².